The number of nitrogens with two attached hydrogens (primary N) is 1. The van der Waals surface area contributed by atoms with Gasteiger partial charge in [0.25, 0.3) is 8.53 Å². The molecule has 0 spiro atoms. The summed E-state index contributed by atoms with van der Waals surface area (Å²) in [6, 6.07) is 0.185. The van der Waals surface area contributed by atoms with Crippen molar-refractivity contribution in [2.24, 2.45) is 51.8 Å². The maximum Gasteiger partial charge on any atom is 0.253 e. The first-order valence-corrected chi connectivity index (χ1v) is 17.3. The highest BCUT2D eigenvalue weighted by Crippen LogP contribution is 2.67. The molecule has 5 aliphatic rings. The zero-order valence-electron chi connectivity index (χ0n) is 25.0. The molecule has 0 aromatic heterocycles. The van der Waals surface area contributed by atoms with Crippen molar-refractivity contribution in [3.05, 3.63) is 11.6 Å². The second-order valence-electron chi connectivity index (χ2n) is 14.8. The number of hydrogen-bond donors (Lipinski definition) is 3. The van der Waals surface area contributed by atoms with E-state index in [4.69, 9.17) is 14.6 Å². The second-order valence-corrected chi connectivity index (χ2v) is 15.9. The molecule has 4 N–H and O–H groups in total. The zero-order chi connectivity index (χ0) is 27.1. The number of rotatable bonds is 10. The van der Waals surface area contributed by atoms with Crippen LogP contribution in [0.15, 0.2) is 11.6 Å². The van der Waals surface area contributed by atoms with E-state index in [0.29, 0.717) is 24.0 Å². The van der Waals surface area contributed by atoms with E-state index in [2.05, 4.69) is 46.0 Å². The van der Waals surface area contributed by atoms with Crippen molar-refractivity contribution in [3.8, 4) is 0 Å². The van der Waals surface area contributed by atoms with Crippen LogP contribution in [0.3, 0.4) is 0 Å². The van der Waals surface area contributed by atoms with Gasteiger partial charge in [-0.15, -0.1) is 0 Å². The summed E-state index contributed by atoms with van der Waals surface area (Å²) in [6.45, 7) is 13.8. The van der Waals surface area contributed by atoms with Crippen LogP contribution in [0.25, 0.3) is 0 Å². The van der Waals surface area contributed by atoms with Gasteiger partial charge in [0.15, 0.2) is 0 Å². The molecule has 4 aliphatic carbocycles. The minimum Gasteiger partial charge on any atom is -0.392 e. The van der Waals surface area contributed by atoms with Crippen molar-refractivity contribution in [2.75, 3.05) is 13.2 Å². The van der Waals surface area contributed by atoms with Gasteiger partial charge in [0.05, 0.1) is 18.8 Å². The molecule has 0 amide bonds. The Hall–Kier alpha value is -0.0300. The Morgan fingerprint density at radius 2 is 1.92 bits per heavy atom. The molecule has 0 bridgehead atoms. The van der Waals surface area contributed by atoms with Crippen molar-refractivity contribution < 1.29 is 14.2 Å². The van der Waals surface area contributed by atoms with E-state index in [1.165, 1.54) is 57.8 Å². The standard InChI is InChI=1S/C32H57N2O3P/c1-21(2)7-6-8-22(3)28-11-12-29-27-10-9-23-17-26(37-38(33)36-20-24-18-25(35)19-34-24)13-15-31(23,4)30(27)14-16-32(28,29)5/h9,21-22,24-30,34-35H,6-8,10-20,33H2,1-5H3/t22-,24+,25?,26?,27?,28-,29?,30?,31+,32-,38?/m1/s1. The molecule has 0 aromatic carbocycles. The molecule has 38 heavy (non-hydrogen) atoms. The molecular weight excluding hydrogens is 491 g/mol. The van der Waals surface area contributed by atoms with Crippen LogP contribution in [0.2, 0.25) is 0 Å². The lowest BCUT2D eigenvalue weighted by atomic mass is 9.47. The maximum atomic E-state index is 9.71. The largest absolute Gasteiger partial charge is 0.392 e. The smallest absolute Gasteiger partial charge is 0.253 e. The second kappa shape index (κ2) is 12.1. The van der Waals surface area contributed by atoms with Crippen LogP contribution in [-0.4, -0.2) is 36.5 Å². The summed E-state index contributed by atoms with van der Waals surface area (Å²) < 4.78 is 12.1. The minimum atomic E-state index is -1.37. The Morgan fingerprint density at radius 3 is 2.66 bits per heavy atom. The van der Waals surface area contributed by atoms with Crippen LogP contribution >= 0.6 is 8.53 Å². The normalized spacial score (nSPS) is 44.3. The first kappa shape index (κ1) is 29.5. The highest BCUT2D eigenvalue weighted by atomic mass is 31.2. The van der Waals surface area contributed by atoms with E-state index in [1.807, 2.05) is 0 Å². The molecule has 0 radical (unpaired) electrons. The molecule has 6 heteroatoms. The molecular formula is C32H57N2O3P. The van der Waals surface area contributed by atoms with Crippen LogP contribution < -0.4 is 10.8 Å². The summed E-state index contributed by atoms with van der Waals surface area (Å²) in [4.78, 5) is 0. The van der Waals surface area contributed by atoms with Crippen LogP contribution in [0.1, 0.15) is 112 Å². The van der Waals surface area contributed by atoms with Crippen LogP contribution in [-0.2, 0) is 9.05 Å². The van der Waals surface area contributed by atoms with Gasteiger partial charge in [0.1, 0.15) is 0 Å². The van der Waals surface area contributed by atoms with Gasteiger partial charge in [-0.05, 0) is 104 Å². The third-order valence-electron chi connectivity index (χ3n) is 12.1. The van der Waals surface area contributed by atoms with E-state index < -0.39 is 8.53 Å². The SMILES string of the molecule is CC(C)CCC[C@@H](C)[C@H]1CCC2C3CC=C4CC(OP(N)OC[C@@H]5CC(O)CN5)CC[C@]4(C)C3CC[C@@]21C. The number of fused-ring (bicyclic) bond motifs is 5. The summed E-state index contributed by atoms with van der Waals surface area (Å²) in [6.07, 6.45) is 17.9. The summed E-state index contributed by atoms with van der Waals surface area (Å²) in [5, 5.41) is 13.0. The fraction of sp³-hybridized carbons (Fsp3) is 0.938. The van der Waals surface area contributed by atoms with Crippen LogP contribution in [0.4, 0.5) is 0 Å². The van der Waals surface area contributed by atoms with E-state index in [0.717, 1.165) is 54.8 Å². The Kier molecular flexibility index (Phi) is 9.35. The monoisotopic (exact) mass is 548 g/mol. The lowest BCUT2D eigenvalue weighted by molar-refractivity contribution is -0.0560. The third kappa shape index (κ3) is 5.95. The van der Waals surface area contributed by atoms with Gasteiger partial charge in [-0.3, -0.25) is 5.50 Å². The quantitative estimate of drug-likeness (QED) is 0.197. The number of allylic oxidation sites excluding steroid dienone is 1. The Labute approximate surface area is 234 Å². The van der Waals surface area contributed by atoms with E-state index >= 15 is 0 Å². The molecule has 0 aromatic rings. The topological polar surface area (TPSA) is 76.7 Å². The predicted octanol–water partition coefficient (Wildman–Crippen LogP) is 7.34. The van der Waals surface area contributed by atoms with Gasteiger partial charge in [0, 0.05) is 12.6 Å². The average Bonchev–Trinajstić information content (AvgIpc) is 3.45. The summed E-state index contributed by atoms with van der Waals surface area (Å²) in [5.74, 6) is 5.26. The van der Waals surface area contributed by atoms with Crippen molar-refractivity contribution in [3.63, 3.8) is 0 Å². The number of hydrogen-bond acceptors (Lipinski definition) is 5. The Bertz CT molecular complexity index is 838. The fourth-order valence-corrected chi connectivity index (χ4v) is 10.9. The molecule has 4 fully saturated rings. The van der Waals surface area contributed by atoms with Crippen LogP contribution in [0.5, 0.6) is 0 Å². The van der Waals surface area contributed by atoms with E-state index in [-0.39, 0.29) is 18.2 Å². The average molecular weight is 549 g/mol. The van der Waals surface area contributed by atoms with Gasteiger partial charge in [0.2, 0.25) is 0 Å². The third-order valence-corrected chi connectivity index (χ3v) is 13.0. The van der Waals surface area contributed by atoms with Crippen molar-refractivity contribution >= 4 is 8.53 Å². The summed E-state index contributed by atoms with van der Waals surface area (Å²) in [5.41, 5.74) is 8.84. The van der Waals surface area contributed by atoms with Crippen LogP contribution in [0, 0.1) is 46.3 Å². The summed E-state index contributed by atoms with van der Waals surface area (Å²) in [7, 11) is -1.37. The minimum absolute atomic E-state index is 0.181. The number of β-amino-alcohol motifs (C(OH)–C–C–N with tert-alkyl or cyclic N) is 1. The molecule has 3 saturated carbocycles. The van der Waals surface area contributed by atoms with Gasteiger partial charge in [-0.1, -0.05) is 65.5 Å². The number of aliphatic hydroxyl groups is 1. The predicted molar refractivity (Wildman–Crippen MR) is 157 cm³/mol. The van der Waals surface area contributed by atoms with E-state index in [9.17, 15) is 5.11 Å². The highest BCUT2D eigenvalue weighted by molar-refractivity contribution is 7.44. The van der Waals surface area contributed by atoms with Gasteiger partial charge >= 0.3 is 0 Å². The van der Waals surface area contributed by atoms with Gasteiger partial charge in [-0.2, -0.15) is 0 Å². The molecule has 5 rings (SSSR count). The molecule has 218 valence electrons. The Balaban J connectivity index is 1.17. The van der Waals surface area contributed by atoms with Crippen molar-refractivity contribution in [1.29, 1.82) is 0 Å². The van der Waals surface area contributed by atoms with Crippen molar-refractivity contribution in [2.45, 2.75) is 130 Å². The number of aliphatic hydroxyl groups excluding tert-OH is 1. The summed E-state index contributed by atoms with van der Waals surface area (Å²) >= 11 is 0. The first-order chi connectivity index (χ1) is 18.1. The maximum absolute atomic E-state index is 9.71. The molecule has 11 atom stereocenters. The molecule has 1 saturated heterocycles. The molecule has 6 unspecified atom stereocenters. The first-order valence-electron chi connectivity index (χ1n) is 16.1. The molecule has 5 nitrogen and oxygen atoms in total. The van der Waals surface area contributed by atoms with E-state index in [1.54, 1.807) is 5.57 Å². The van der Waals surface area contributed by atoms with Gasteiger partial charge < -0.3 is 19.5 Å². The van der Waals surface area contributed by atoms with Gasteiger partial charge in [-0.25, -0.2) is 0 Å². The zero-order valence-corrected chi connectivity index (χ0v) is 25.9. The molecule has 1 aliphatic heterocycles. The lowest BCUT2D eigenvalue weighted by Gasteiger charge is -2.58. The number of nitrogens with one attached hydrogen (secondary N) is 1. The molecule has 1 heterocycles. The van der Waals surface area contributed by atoms with Crippen molar-refractivity contribution in [1.82, 2.24) is 5.32 Å². The fourth-order valence-electron chi connectivity index (χ4n) is 10.0. The highest BCUT2D eigenvalue weighted by Gasteiger charge is 2.59. The Morgan fingerprint density at radius 1 is 1.11 bits per heavy atom. The lowest BCUT2D eigenvalue weighted by Crippen LogP contribution is -2.51.